The third-order valence-corrected chi connectivity index (χ3v) is 0.932. The maximum atomic E-state index is 10.2. The molecular formula is C6H10NNaO3. The van der Waals surface area contributed by atoms with Gasteiger partial charge in [-0.1, -0.05) is 0 Å². The van der Waals surface area contributed by atoms with E-state index in [9.17, 15) is 14.7 Å². The summed E-state index contributed by atoms with van der Waals surface area (Å²) in [5.74, 6) is -1.22. The van der Waals surface area contributed by atoms with Crippen LogP contribution in [-0.4, -0.2) is 18.4 Å². The summed E-state index contributed by atoms with van der Waals surface area (Å²) in [5.41, 5.74) is 0. The van der Waals surface area contributed by atoms with Crippen molar-refractivity contribution in [2.24, 2.45) is 0 Å². The number of carboxylic acids is 1. The summed E-state index contributed by atoms with van der Waals surface area (Å²) in [4.78, 5) is 20.0. The summed E-state index contributed by atoms with van der Waals surface area (Å²) in [6.45, 7) is 1.79. The Morgan fingerprint density at radius 2 is 2.00 bits per heavy atom. The van der Waals surface area contributed by atoms with Gasteiger partial charge < -0.3 is 15.2 Å². The maximum Gasteiger partial charge on any atom is 1.00 e. The van der Waals surface area contributed by atoms with Crippen LogP contribution in [-0.2, 0) is 9.59 Å². The monoisotopic (exact) mass is 167 g/mol. The third-order valence-electron chi connectivity index (χ3n) is 0.932. The molecule has 0 saturated heterocycles. The maximum absolute atomic E-state index is 10.2. The van der Waals surface area contributed by atoms with Crippen molar-refractivity contribution in [3.05, 3.63) is 0 Å². The Bertz CT molecular complexity index is 122. The SMILES string of the molecule is CC(=O)NCCCC(=O)[O-].[Na+]. The molecule has 5 heteroatoms. The number of carboxylic acid groups (broad SMARTS) is 1. The fourth-order valence-corrected chi connectivity index (χ4v) is 0.497. The number of hydrogen-bond acceptors (Lipinski definition) is 3. The molecule has 0 aromatic rings. The van der Waals surface area contributed by atoms with Crippen LogP contribution in [0.15, 0.2) is 0 Å². The molecule has 58 valence electrons. The zero-order valence-electron chi connectivity index (χ0n) is 6.85. The van der Waals surface area contributed by atoms with E-state index >= 15 is 0 Å². The number of rotatable bonds is 4. The van der Waals surface area contributed by atoms with Crippen molar-refractivity contribution in [3.8, 4) is 0 Å². The van der Waals surface area contributed by atoms with Gasteiger partial charge in [-0.05, 0) is 12.8 Å². The molecule has 0 aromatic carbocycles. The van der Waals surface area contributed by atoms with Crippen molar-refractivity contribution in [1.82, 2.24) is 5.32 Å². The Hall–Kier alpha value is -0.0600. The Balaban J connectivity index is 0. The molecule has 0 radical (unpaired) electrons. The standard InChI is InChI=1S/C6H11NO3.Na/c1-5(8)7-4-2-3-6(9)10;/h2-4H2,1H3,(H,7,8)(H,9,10);/q;+1/p-1. The van der Waals surface area contributed by atoms with Crippen LogP contribution in [0, 0.1) is 0 Å². The molecule has 0 atom stereocenters. The van der Waals surface area contributed by atoms with Crippen molar-refractivity contribution < 1.29 is 44.3 Å². The number of nitrogens with one attached hydrogen (secondary N) is 1. The van der Waals surface area contributed by atoms with Gasteiger partial charge >= 0.3 is 29.6 Å². The molecule has 0 unspecified atom stereocenters. The Labute approximate surface area is 87.6 Å². The van der Waals surface area contributed by atoms with Crippen LogP contribution in [0.4, 0.5) is 0 Å². The van der Waals surface area contributed by atoms with Crippen LogP contribution in [0.5, 0.6) is 0 Å². The molecule has 1 amide bonds. The van der Waals surface area contributed by atoms with Crippen LogP contribution in [0.3, 0.4) is 0 Å². The number of aliphatic carboxylic acids is 1. The molecule has 0 fully saturated rings. The van der Waals surface area contributed by atoms with Gasteiger partial charge in [0.15, 0.2) is 0 Å². The van der Waals surface area contributed by atoms with Crippen LogP contribution < -0.4 is 40.0 Å². The molecule has 4 nitrogen and oxygen atoms in total. The van der Waals surface area contributed by atoms with Gasteiger partial charge in [-0.2, -0.15) is 0 Å². The molecule has 0 heterocycles. The largest absolute Gasteiger partial charge is 1.00 e. The minimum absolute atomic E-state index is 0. The molecule has 0 spiro atoms. The van der Waals surface area contributed by atoms with Gasteiger partial charge in [-0.25, -0.2) is 0 Å². The summed E-state index contributed by atoms with van der Waals surface area (Å²) in [5, 5.41) is 12.3. The Morgan fingerprint density at radius 3 is 2.36 bits per heavy atom. The summed E-state index contributed by atoms with van der Waals surface area (Å²) < 4.78 is 0. The quantitative estimate of drug-likeness (QED) is 0.340. The van der Waals surface area contributed by atoms with E-state index in [-0.39, 0.29) is 41.9 Å². The topological polar surface area (TPSA) is 69.2 Å². The first kappa shape index (κ1) is 13.5. The number of carbonyl (C=O) groups excluding carboxylic acids is 2. The van der Waals surface area contributed by atoms with Crippen LogP contribution in [0.2, 0.25) is 0 Å². The fourth-order valence-electron chi connectivity index (χ4n) is 0.497. The predicted octanol–water partition coefficient (Wildman–Crippen LogP) is -4.34. The van der Waals surface area contributed by atoms with Crippen molar-refractivity contribution in [2.75, 3.05) is 6.54 Å². The minimum Gasteiger partial charge on any atom is -0.550 e. The number of amides is 1. The van der Waals surface area contributed by atoms with Crippen molar-refractivity contribution in [3.63, 3.8) is 0 Å². The molecule has 0 aliphatic heterocycles. The van der Waals surface area contributed by atoms with Crippen LogP contribution in [0.1, 0.15) is 19.8 Å². The average molecular weight is 167 g/mol. The van der Waals surface area contributed by atoms with Gasteiger partial charge in [0, 0.05) is 19.4 Å². The Morgan fingerprint density at radius 1 is 1.45 bits per heavy atom. The second-order valence-electron chi connectivity index (χ2n) is 1.96. The zero-order valence-corrected chi connectivity index (χ0v) is 8.85. The second kappa shape index (κ2) is 8.04. The van der Waals surface area contributed by atoms with E-state index in [1.807, 2.05) is 0 Å². The molecule has 0 saturated carbocycles. The van der Waals surface area contributed by atoms with E-state index in [1.165, 1.54) is 6.92 Å². The van der Waals surface area contributed by atoms with E-state index in [0.717, 1.165) is 0 Å². The normalized spacial score (nSPS) is 8.09. The van der Waals surface area contributed by atoms with E-state index in [2.05, 4.69) is 5.32 Å². The minimum atomic E-state index is -1.08. The first-order valence-corrected chi connectivity index (χ1v) is 3.07. The van der Waals surface area contributed by atoms with Gasteiger partial charge in [0.1, 0.15) is 0 Å². The first-order chi connectivity index (χ1) is 4.63. The summed E-state index contributed by atoms with van der Waals surface area (Å²) in [7, 11) is 0. The molecule has 11 heavy (non-hydrogen) atoms. The molecule has 0 aliphatic carbocycles. The van der Waals surface area contributed by atoms with Gasteiger partial charge in [0.25, 0.3) is 0 Å². The zero-order chi connectivity index (χ0) is 7.98. The van der Waals surface area contributed by atoms with Crippen LogP contribution >= 0.6 is 0 Å². The molecule has 1 N–H and O–H groups in total. The summed E-state index contributed by atoms with van der Waals surface area (Å²) >= 11 is 0. The van der Waals surface area contributed by atoms with Gasteiger partial charge in [0.05, 0.1) is 0 Å². The van der Waals surface area contributed by atoms with Gasteiger partial charge in [0.2, 0.25) is 5.91 Å². The van der Waals surface area contributed by atoms with E-state index in [0.29, 0.717) is 13.0 Å². The number of carbonyl (C=O) groups is 2. The van der Waals surface area contributed by atoms with Gasteiger partial charge in [-0.15, -0.1) is 0 Å². The fraction of sp³-hybridized carbons (Fsp3) is 0.667. The molecule has 0 aromatic heterocycles. The van der Waals surface area contributed by atoms with Crippen LogP contribution in [0.25, 0.3) is 0 Å². The first-order valence-electron chi connectivity index (χ1n) is 3.07. The molecule has 0 bridgehead atoms. The van der Waals surface area contributed by atoms with Crippen molar-refractivity contribution >= 4 is 11.9 Å². The smallest absolute Gasteiger partial charge is 0.550 e. The average Bonchev–Trinajstić information content (AvgIpc) is 1.79. The summed E-state index contributed by atoms with van der Waals surface area (Å²) in [6, 6.07) is 0. The van der Waals surface area contributed by atoms with Gasteiger partial charge in [-0.3, -0.25) is 4.79 Å². The van der Waals surface area contributed by atoms with Crippen molar-refractivity contribution in [2.45, 2.75) is 19.8 Å². The molecule has 0 rings (SSSR count). The predicted molar refractivity (Wildman–Crippen MR) is 32.9 cm³/mol. The summed E-state index contributed by atoms with van der Waals surface area (Å²) in [6.07, 6.45) is 0.433. The molecule has 0 aliphatic rings. The van der Waals surface area contributed by atoms with E-state index in [4.69, 9.17) is 0 Å². The van der Waals surface area contributed by atoms with E-state index < -0.39 is 5.97 Å². The Kier molecular flexibility index (Phi) is 9.89. The van der Waals surface area contributed by atoms with Crippen molar-refractivity contribution in [1.29, 1.82) is 0 Å². The molecular weight excluding hydrogens is 157 g/mol. The van der Waals surface area contributed by atoms with E-state index in [1.54, 1.807) is 0 Å². The third kappa shape index (κ3) is 13.0. The second-order valence-corrected chi connectivity index (χ2v) is 1.96. The number of hydrogen-bond donors (Lipinski definition) is 1.